The molecule has 0 aromatic heterocycles. The van der Waals surface area contributed by atoms with E-state index in [0.717, 1.165) is 27.5 Å². The number of quaternary nitrogens is 1. The Bertz CT molecular complexity index is 689. The minimum atomic E-state index is -0.00276. The summed E-state index contributed by atoms with van der Waals surface area (Å²) in [6.45, 7) is 3.09. The minimum Gasteiger partial charge on any atom is -0.497 e. The Morgan fingerprint density at radius 2 is 1.84 bits per heavy atom. The van der Waals surface area contributed by atoms with Gasteiger partial charge in [-0.3, -0.25) is 4.79 Å². The Morgan fingerprint density at radius 1 is 1.12 bits per heavy atom. The van der Waals surface area contributed by atoms with Gasteiger partial charge in [0.25, 0.3) is 5.91 Å². The van der Waals surface area contributed by atoms with Crippen molar-refractivity contribution in [3.63, 3.8) is 0 Å². The first-order chi connectivity index (χ1) is 12.0. The summed E-state index contributed by atoms with van der Waals surface area (Å²) < 4.78 is 10.6. The molecule has 2 rings (SSSR count). The van der Waals surface area contributed by atoms with Crippen LogP contribution in [0.25, 0.3) is 0 Å². The van der Waals surface area contributed by atoms with Gasteiger partial charge < -0.3 is 19.7 Å². The molecule has 134 valence electrons. The highest BCUT2D eigenvalue weighted by atomic mass is 16.5. The molecule has 2 aromatic rings. The van der Waals surface area contributed by atoms with E-state index in [9.17, 15) is 4.79 Å². The molecule has 2 atom stereocenters. The summed E-state index contributed by atoms with van der Waals surface area (Å²) >= 11 is 0. The van der Waals surface area contributed by atoms with Gasteiger partial charge >= 0.3 is 0 Å². The molecule has 1 amide bonds. The number of hydrogen-bond acceptors (Lipinski definition) is 3. The van der Waals surface area contributed by atoms with Crippen LogP contribution in [0, 0.1) is 0 Å². The number of amides is 1. The zero-order valence-corrected chi connectivity index (χ0v) is 15.3. The predicted molar refractivity (Wildman–Crippen MR) is 98.0 cm³/mol. The molecule has 2 aromatic carbocycles. The predicted octanol–water partition coefficient (Wildman–Crippen LogP) is 1.60. The van der Waals surface area contributed by atoms with Crippen molar-refractivity contribution in [2.45, 2.75) is 19.5 Å². The highest BCUT2D eigenvalue weighted by Gasteiger charge is 2.16. The van der Waals surface area contributed by atoms with Gasteiger partial charge in [0.2, 0.25) is 0 Å². The van der Waals surface area contributed by atoms with Crippen LogP contribution in [0.3, 0.4) is 0 Å². The minimum absolute atomic E-state index is 0.00276. The number of benzene rings is 2. The van der Waals surface area contributed by atoms with Crippen molar-refractivity contribution >= 4 is 5.91 Å². The van der Waals surface area contributed by atoms with E-state index in [1.54, 1.807) is 14.2 Å². The van der Waals surface area contributed by atoms with Crippen LogP contribution in [0.2, 0.25) is 0 Å². The number of rotatable bonds is 8. The average Bonchev–Trinajstić information content (AvgIpc) is 2.62. The van der Waals surface area contributed by atoms with Crippen molar-refractivity contribution < 1.29 is 19.2 Å². The summed E-state index contributed by atoms with van der Waals surface area (Å²) in [6.07, 6.45) is 0. The molecule has 25 heavy (non-hydrogen) atoms. The zero-order valence-electron chi connectivity index (χ0n) is 15.3. The second-order valence-corrected chi connectivity index (χ2v) is 6.19. The van der Waals surface area contributed by atoms with Gasteiger partial charge in [0.05, 0.1) is 27.3 Å². The van der Waals surface area contributed by atoms with E-state index in [1.807, 2.05) is 62.5 Å². The van der Waals surface area contributed by atoms with Gasteiger partial charge in [0, 0.05) is 11.6 Å². The lowest BCUT2D eigenvalue weighted by Crippen LogP contribution is -3.08. The molecule has 0 radical (unpaired) electrons. The maximum Gasteiger partial charge on any atom is 0.275 e. The number of methoxy groups -OCH3 is 2. The van der Waals surface area contributed by atoms with Crippen LogP contribution in [-0.4, -0.2) is 33.7 Å². The van der Waals surface area contributed by atoms with Gasteiger partial charge in [-0.15, -0.1) is 0 Å². The van der Waals surface area contributed by atoms with Crippen LogP contribution < -0.4 is 19.7 Å². The number of ether oxygens (including phenoxy) is 2. The van der Waals surface area contributed by atoms with Crippen molar-refractivity contribution in [3.05, 3.63) is 59.7 Å². The van der Waals surface area contributed by atoms with E-state index in [4.69, 9.17) is 9.47 Å². The van der Waals surface area contributed by atoms with E-state index in [-0.39, 0.29) is 11.9 Å². The van der Waals surface area contributed by atoms with Gasteiger partial charge in [-0.25, -0.2) is 0 Å². The molecular formula is C20H27N2O3+. The molecule has 2 N–H and O–H groups in total. The van der Waals surface area contributed by atoms with Crippen molar-refractivity contribution in [1.29, 1.82) is 0 Å². The normalized spacial score (nSPS) is 13.0. The van der Waals surface area contributed by atoms with Crippen molar-refractivity contribution in [1.82, 2.24) is 5.32 Å². The van der Waals surface area contributed by atoms with Crippen molar-refractivity contribution in [2.24, 2.45) is 0 Å². The maximum absolute atomic E-state index is 12.3. The van der Waals surface area contributed by atoms with E-state index in [1.165, 1.54) is 0 Å². The molecule has 0 heterocycles. The second kappa shape index (κ2) is 9.08. The fourth-order valence-electron chi connectivity index (χ4n) is 2.78. The Morgan fingerprint density at radius 3 is 2.48 bits per heavy atom. The number of nitrogens with one attached hydrogen (secondary N) is 2. The van der Waals surface area contributed by atoms with Crippen LogP contribution in [-0.2, 0) is 11.3 Å². The summed E-state index contributed by atoms with van der Waals surface area (Å²) in [5.41, 5.74) is 2.15. The smallest absolute Gasteiger partial charge is 0.275 e. The van der Waals surface area contributed by atoms with Crippen LogP contribution in [0.15, 0.2) is 48.5 Å². The first kappa shape index (κ1) is 18.8. The van der Waals surface area contributed by atoms with Crippen LogP contribution in [0.4, 0.5) is 0 Å². The average molecular weight is 343 g/mol. The largest absolute Gasteiger partial charge is 0.497 e. The zero-order chi connectivity index (χ0) is 18.2. The van der Waals surface area contributed by atoms with Crippen LogP contribution in [0.5, 0.6) is 11.5 Å². The topological polar surface area (TPSA) is 52.0 Å². The molecule has 5 nitrogen and oxygen atoms in total. The van der Waals surface area contributed by atoms with Crippen LogP contribution in [0.1, 0.15) is 24.1 Å². The van der Waals surface area contributed by atoms with Crippen LogP contribution >= 0.6 is 0 Å². The first-order valence-electron chi connectivity index (χ1n) is 8.40. The summed E-state index contributed by atoms with van der Waals surface area (Å²) in [5.74, 6) is 1.56. The molecule has 0 saturated carbocycles. The lowest BCUT2D eigenvalue weighted by Gasteiger charge is -2.18. The van der Waals surface area contributed by atoms with Gasteiger partial charge in [-0.2, -0.15) is 0 Å². The maximum atomic E-state index is 12.3. The molecule has 0 saturated heterocycles. The summed E-state index contributed by atoms with van der Waals surface area (Å²) in [6, 6.07) is 15.7. The highest BCUT2D eigenvalue weighted by Crippen LogP contribution is 2.23. The first-order valence-corrected chi connectivity index (χ1v) is 8.40. The van der Waals surface area contributed by atoms with Gasteiger partial charge in [-0.1, -0.05) is 30.3 Å². The Hall–Kier alpha value is -2.53. The molecule has 0 bridgehead atoms. The number of carbonyl (C=O) groups is 1. The number of carbonyl (C=O) groups excluding carboxylic acids is 1. The summed E-state index contributed by atoms with van der Waals surface area (Å²) in [7, 11) is 5.27. The molecule has 0 fully saturated rings. The van der Waals surface area contributed by atoms with Crippen molar-refractivity contribution in [3.8, 4) is 11.5 Å². The fraction of sp³-hybridized carbons (Fsp3) is 0.350. The molecule has 0 aliphatic rings. The Balaban J connectivity index is 1.91. The van der Waals surface area contributed by atoms with Gasteiger partial charge in [0.1, 0.15) is 18.0 Å². The molecule has 0 aliphatic heterocycles. The van der Waals surface area contributed by atoms with E-state index >= 15 is 0 Å². The highest BCUT2D eigenvalue weighted by molar-refractivity contribution is 5.77. The summed E-state index contributed by atoms with van der Waals surface area (Å²) in [5, 5.41) is 3.05. The van der Waals surface area contributed by atoms with Crippen molar-refractivity contribution in [2.75, 3.05) is 27.8 Å². The lowest BCUT2D eigenvalue weighted by molar-refractivity contribution is -0.885. The third kappa shape index (κ3) is 5.50. The third-order valence-electron chi connectivity index (χ3n) is 4.13. The molecular weight excluding hydrogens is 316 g/mol. The SMILES string of the molecule is COc1ccc(C[NH+](C)CC(=O)N[C@@H](C)c2ccccc2)c(OC)c1. The standard InChI is InChI=1S/C20H26N2O3/c1-15(16-8-6-5-7-9-16)21-20(23)14-22(2)13-17-10-11-18(24-3)12-19(17)25-4/h5-12,15H,13-14H2,1-4H3,(H,21,23)/p+1/t15-/m0/s1. The van der Waals surface area contributed by atoms with E-state index in [0.29, 0.717) is 13.1 Å². The monoisotopic (exact) mass is 343 g/mol. The molecule has 5 heteroatoms. The Kier molecular flexibility index (Phi) is 6.83. The van der Waals surface area contributed by atoms with Gasteiger partial charge in [-0.05, 0) is 24.6 Å². The molecule has 0 aliphatic carbocycles. The number of hydrogen-bond donors (Lipinski definition) is 2. The fourth-order valence-corrected chi connectivity index (χ4v) is 2.78. The molecule has 1 unspecified atom stereocenters. The number of likely N-dealkylation sites (N-methyl/N-ethyl adjacent to an activating group) is 1. The lowest BCUT2D eigenvalue weighted by atomic mass is 10.1. The second-order valence-electron chi connectivity index (χ2n) is 6.19. The van der Waals surface area contributed by atoms with E-state index in [2.05, 4.69) is 5.32 Å². The Labute approximate surface area is 149 Å². The van der Waals surface area contributed by atoms with E-state index < -0.39 is 0 Å². The van der Waals surface area contributed by atoms with Gasteiger partial charge in [0.15, 0.2) is 6.54 Å². The third-order valence-corrected chi connectivity index (χ3v) is 4.13. The molecule has 0 spiro atoms. The quantitative estimate of drug-likeness (QED) is 0.765. The summed E-state index contributed by atoms with van der Waals surface area (Å²) in [4.78, 5) is 13.4.